The lowest BCUT2D eigenvalue weighted by atomic mass is 9.80. The van der Waals surface area contributed by atoms with Crippen molar-refractivity contribution in [3.8, 4) is 22.5 Å². The Balaban J connectivity index is 1.55. The van der Waals surface area contributed by atoms with Crippen LogP contribution in [0, 0.1) is 5.92 Å². The third kappa shape index (κ3) is 3.34. The van der Waals surface area contributed by atoms with Gasteiger partial charge < -0.3 is 9.80 Å². The quantitative estimate of drug-likeness (QED) is 0.248. The predicted octanol–water partition coefficient (Wildman–Crippen LogP) is 7.14. The van der Waals surface area contributed by atoms with Gasteiger partial charge in [0.15, 0.2) is 11.6 Å². The topological polar surface area (TPSA) is 58.0 Å². The van der Waals surface area contributed by atoms with Gasteiger partial charge in [-0.3, -0.25) is 9.97 Å². The molecular formula is C32H26N6. The molecule has 0 aliphatic carbocycles. The normalized spacial score (nSPS) is 19.4. The summed E-state index contributed by atoms with van der Waals surface area (Å²) in [5.41, 5.74) is 6.88. The van der Waals surface area contributed by atoms with Crippen molar-refractivity contribution >= 4 is 23.0 Å². The molecule has 2 aliphatic heterocycles. The first-order valence-corrected chi connectivity index (χ1v) is 12.8. The van der Waals surface area contributed by atoms with Crippen molar-refractivity contribution in [1.82, 2.24) is 19.9 Å². The fourth-order valence-electron chi connectivity index (χ4n) is 5.90. The highest BCUT2D eigenvalue weighted by molar-refractivity contribution is 5.90. The molecule has 0 fully saturated rings. The molecule has 0 bridgehead atoms. The SMILES string of the molecule is C=CC1c2ccccc2N2c3nc(-c4cccnc4)c(-c4cccnc4)nc3N(c3ccccc3)C2C1C. The van der Waals surface area contributed by atoms with Crippen LogP contribution in [0.4, 0.5) is 23.0 Å². The van der Waals surface area contributed by atoms with Crippen LogP contribution < -0.4 is 9.80 Å². The molecule has 5 heterocycles. The highest BCUT2D eigenvalue weighted by atomic mass is 15.5. The van der Waals surface area contributed by atoms with Crippen LogP contribution in [0.25, 0.3) is 22.5 Å². The van der Waals surface area contributed by atoms with E-state index in [2.05, 4.69) is 87.9 Å². The van der Waals surface area contributed by atoms with Crippen molar-refractivity contribution in [3.63, 3.8) is 0 Å². The maximum Gasteiger partial charge on any atom is 0.179 e. The van der Waals surface area contributed by atoms with E-state index >= 15 is 0 Å². The van der Waals surface area contributed by atoms with Crippen molar-refractivity contribution < 1.29 is 0 Å². The first-order chi connectivity index (χ1) is 18.8. The van der Waals surface area contributed by atoms with Gasteiger partial charge in [-0.25, -0.2) is 9.97 Å². The Morgan fingerprint density at radius 1 is 0.711 bits per heavy atom. The zero-order valence-electron chi connectivity index (χ0n) is 21.0. The number of allylic oxidation sites excluding steroid dienone is 1. The second-order valence-corrected chi connectivity index (χ2v) is 9.72. The fraction of sp³-hybridized carbons (Fsp3) is 0.125. The molecule has 2 aromatic carbocycles. The van der Waals surface area contributed by atoms with Crippen LogP contribution in [0.2, 0.25) is 0 Å². The van der Waals surface area contributed by atoms with Crippen molar-refractivity contribution in [1.29, 1.82) is 0 Å². The zero-order valence-corrected chi connectivity index (χ0v) is 21.0. The van der Waals surface area contributed by atoms with Gasteiger partial charge in [0, 0.05) is 59.1 Å². The van der Waals surface area contributed by atoms with Gasteiger partial charge in [-0.05, 0) is 48.0 Å². The summed E-state index contributed by atoms with van der Waals surface area (Å²) >= 11 is 0. The number of aromatic nitrogens is 4. The van der Waals surface area contributed by atoms with E-state index in [0.29, 0.717) is 0 Å². The van der Waals surface area contributed by atoms with Gasteiger partial charge >= 0.3 is 0 Å². The average molecular weight is 495 g/mol. The lowest BCUT2D eigenvalue weighted by molar-refractivity contribution is 0.409. The van der Waals surface area contributed by atoms with Gasteiger partial charge in [0.25, 0.3) is 0 Å². The zero-order chi connectivity index (χ0) is 25.6. The molecule has 6 nitrogen and oxygen atoms in total. The first-order valence-electron chi connectivity index (χ1n) is 12.8. The Morgan fingerprint density at radius 3 is 1.92 bits per heavy atom. The molecule has 0 saturated carbocycles. The van der Waals surface area contributed by atoms with E-state index in [1.165, 1.54) is 5.56 Å². The minimum absolute atomic E-state index is 0.0174. The number of rotatable bonds is 4. The molecule has 6 heteroatoms. The van der Waals surface area contributed by atoms with Crippen molar-refractivity contribution in [2.45, 2.75) is 19.0 Å². The second kappa shape index (κ2) is 8.92. The molecule has 7 rings (SSSR count). The van der Waals surface area contributed by atoms with Gasteiger partial charge in [-0.2, -0.15) is 0 Å². The minimum Gasteiger partial charge on any atom is -0.302 e. The van der Waals surface area contributed by atoms with Crippen molar-refractivity contribution in [2.24, 2.45) is 5.92 Å². The van der Waals surface area contributed by atoms with Crippen molar-refractivity contribution in [2.75, 3.05) is 9.80 Å². The molecule has 3 atom stereocenters. The number of anilines is 4. The van der Waals surface area contributed by atoms with Crippen LogP contribution >= 0.6 is 0 Å². The Labute approximate surface area is 222 Å². The molecule has 184 valence electrons. The van der Waals surface area contributed by atoms with Crippen molar-refractivity contribution in [3.05, 3.63) is 122 Å². The van der Waals surface area contributed by atoms with Crippen LogP contribution in [0.1, 0.15) is 18.4 Å². The highest BCUT2D eigenvalue weighted by Gasteiger charge is 2.49. The summed E-state index contributed by atoms with van der Waals surface area (Å²) in [6.07, 6.45) is 9.31. The monoisotopic (exact) mass is 494 g/mol. The largest absolute Gasteiger partial charge is 0.302 e. The number of pyridine rings is 2. The fourth-order valence-corrected chi connectivity index (χ4v) is 5.90. The molecule has 5 aromatic rings. The molecule has 0 amide bonds. The van der Waals surface area contributed by atoms with E-state index in [9.17, 15) is 0 Å². The summed E-state index contributed by atoms with van der Waals surface area (Å²) in [7, 11) is 0. The van der Waals surface area contributed by atoms with Crippen LogP contribution in [-0.4, -0.2) is 26.1 Å². The van der Waals surface area contributed by atoms with Gasteiger partial charge in [0.05, 0.1) is 0 Å². The van der Waals surface area contributed by atoms with E-state index in [0.717, 1.165) is 45.5 Å². The number of fused-ring (bicyclic) bond motifs is 5. The summed E-state index contributed by atoms with van der Waals surface area (Å²) in [4.78, 5) is 24.2. The average Bonchev–Trinajstić information content (AvgIpc) is 3.33. The Hall–Kier alpha value is -4.84. The third-order valence-corrected chi connectivity index (χ3v) is 7.60. The predicted molar refractivity (Wildman–Crippen MR) is 152 cm³/mol. The Bertz CT molecular complexity index is 1620. The molecule has 0 spiro atoms. The van der Waals surface area contributed by atoms with E-state index in [-0.39, 0.29) is 18.0 Å². The van der Waals surface area contributed by atoms with Gasteiger partial charge in [0.2, 0.25) is 0 Å². The number of para-hydroxylation sites is 2. The molecule has 0 saturated heterocycles. The highest BCUT2D eigenvalue weighted by Crippen LogP contribution is 2.55. The summed E-state index contributed by atoms with van der Waals surface area (Å²) in [5, 5.41) is 0. The smallest absolute Gasteiger partial charge is 0.179 e. The maximum absolute atomic E-state index is 5.37. The molecule has 0 N–H and O–H groups in total. The van der Waals surface area contributed by atoms with E-state index in [1.54, 1.807) is 12.4 Å². The van der Waals surface area contributed by atoms with E-state index < -0.39 is 0 Å². The summed E-state index contributed by atoms with van der Waals surface area (Å²) in [6.45, 7) is 6.52. The first kappa shape index (κ1) is 22.4. The summed E-state index contributed by atoms with van der Waals surface area (Å²) in [6, 6.07) is 27.0. The molecule has 0 radical (unpaired) electrons. The minimum atomic E-state index is -0.0174. The molecule has 2 aliphatic rings. The number of benzene rings is 2. The lowest BCUT2D eigenvalue weighted by Crippen LogP contribution is -2.48. The van der Waals surface area contributed by atoms with E-state index in [1.807, 2.05) is 42.7 Å². The number of hydrogen-bond acceptors (Lipinski definition) is 6. The summed E-state index contributed by atoms with van der Waals surface area (Å²) < 4.78 is 0. The van der Waals surface area contributed by atoms with Crippen LogP contribution in [0.5, 0.6) is 0 Å². The number of hydrogen-bond donors (Lipinski definition) is 0. The maximum atomic E-state index is 5.37. The van der Waals surface area contributed by atoms with Crippen LogP contribution in [0.15, 0.2) is 116 Å². The van der Waals surface area contributed by atoms with Gasteiger partial charge in [-0.1, -0.05) is 49.4 Å². The van der Waals surface area contributed by atoms with Crippen LogP contribution in [-0.2, 0) is 0 Å². The van der Waals surface area contributed by atoms with E-state index in [4.69, 9.17) is 9.97 Å². The molecule has 3 aromatic heterocycles. The van der Waals surface area contributed by atoms with Gasteiger partial charge in [0.1, 0.15) is 17.6 Å². The van der Waals surface area contributed by atoms with Crippen LogP contribution in [0.3, 0.4) is 0 Å². The standard InChI is InChI=1S/C32H26N6/c1-3-25-21(2)32-37(24-13-5-4-6-14-24)30-31(38(32)27-16-8-7-15-26(25)27)36-29(23-12-10-18-34-20-23)28(35-30)22-11-9-17-33-19-22/h3-21,25,32H,1H2,2H3. The molecule has 3 unspecified atom stereocenters. The molecular weight excluding hydrogens is 468 g/mol. The lowest BCUT2D eigenvalue weighted by Gasteiger charge is -2.44. The number of nitrogens with zero attached hydrogens (tertiary/aromatic N) is 6. The second-order valence-electron chi connectivity index (χ2n) is 9.72. The Kier molecular flexibility index (Phi) is 5.25. The van der Waals surface area contributed by atoms with Gasteiger partial charge in [-0.15, -0.1) is 6.58 Å². The molecule has 38 heavy (non-hydrogen) atoms. The Morgan fingerprint density at radius 2 is 1.32 bits per heavy atom. The third-order valence-electron chi connectivity index (χ3n) is 7.60. The summed E-state index contributed by atoms with van der Waals surface area (Å²) in [5.74, 6) is 2.09.